The minimum Gasteiger partial charge on any atom is -0.354 e. The summed E-state index contributed by atoms with van der Waals surface area (Å²) in [4.78, 5) is 39.0. The van der Waals surface area contributed by atoms with Crippen molar-refractivity contribution in [2.24, 2.45) is 0 Å². The lowest BCUT2D eigenvalue weighted by Gasteiger charge is -2.22. The summed E-state index contributed by atoms with van der Waals surface area (Å²) in [6.07, 6.45) is 1.96. The van der Waals surface area contributed by atoms with Gasteiger partial charge in [0.05, 0.1) is 0 Å². The molecule has 6 nitrogen and oxygen atoms in total. The molecule has 0 saturated carbocycles. The molecule has 2 aromatic carbocycles. The first-order valence-electron chi connectivity index (χ1n) is 10.5. The number of nitrogens with zero attached hydrogens (tertiary/aromatic N) is 1. The SMILES string of the molecule is CC(C)c1ccc(CCNC(=O)CN2C(=O)N[C@@]3(CCc4ccccc43)C2=O)cc1. The maximum Gasteiger partial charge on any atom is 0.325 e. The van der Waals surface area contributed by atoms with Crippen molar-refractivity contribution in [2.75, 3.05) is 13.1 Å². The van der Waals surface area contributed by atoms with Gasteiger partial charge in [-0.2, -0.15) is 0 Å². The molecular formula is C24H27N3O3. The summed E-state index contributed by atoms with van der Waals surface area (Å²) in [5.41, 5.74) is 3.31. The molecule has 4 amide bonds. The van der Waals surface area contributed by atoms with Gasteiger partial charge in [0.2, 0.25) is 5.91 Å². The Labute approximate surface area is 176 Å². The lowest BCUT2D eigenvalue weighted by atomic mass is 9.92. The van der Waals surface area contributed by atoms with E-state index in [9.17, 15) is 14.4 Å². The summed E-state index contributed by atoms with van der Waals surface area (Å²) in [5.74, 6) is -0.185. The number of fused-ring (bicyclic) bond motifs is 2. The van der Waals surface area contributed by atoms with Crippen LogP contribution in [0.25, 0.3) is 0 Å². The highest BCUT2D eigenvalue weighted by Gasteiger charge is 2.55. The molecule has 156 valence electrons. The number of hydrogen-bond acceptors (Lipinski definition) is 3. The molecule has 1 heterocycles. The van der Waals surface area contributed by atoms with Crippen LogP contribution < -0.4 is 10.6 Å². The number of nitrogens with one attached hydrogen (secondary N) is 2. The minimum absolute atomic E-state index is 0.263. The third-order valence-corrected chi connectivity index (χ3v) is 6.11. The van der Waals surface area contributed by atoms with Crippen molar-refractivity contribution in [2.45, 2.75) is 44.6 Å². The molecule has 1 fully saturated rings. The predicted molar refractivity (Wildman–Crippen MR) is 114 cm³/mol. The van der Waals surface area contributed by atoms with E-state index in [0.29, 0.717) is 25.3 Å². The summed E-state index contributed by atoms with van der Waals surface area (Å²) < 4.78 is 0. The number of aryl methyl sites for hydroxylation is 1. The van der Waals surface area contributed by atoms with Gasteiger partial charge in [-0.15, -0.1) is 0 Å². The van der Waals surface area contributed by atoms with Crippen LogP contribution in [-0.2, 0) is 28.0 Å². The Bertz CT molecular complexity index is 983. The molecule has 2 aromatic rings. The van der Waals surface area contributed by atoms with Gasteiger partial charge in [0.25, 0.3) is 5.91 Å². The summed E-state index contributed by atoms with van der Waals surface area (Å²) in [6.45, 7) is 4.50. The van der Waals surface area contributed by atoms with Gasteiger partial charge < -0.3 is 10.6 Å². The van der Waals surface area contributed by atoms with Crippen LogP contribution in [0.15, 0.2) is 48.5 Å². The van der Waals surface area contributed by atoms with Crippen LogP contribution in [-0.4, -0.2) is 35.8 Å². The standard InChI is InChI=1S/C24H27N3O3/c1-16(2)18-9-7-17(8-10-18)12-14-25-21(28)15-27-22(29)24(26-23(27)30)13-11-19-5-3-4-6-20(19)24/h3-10,16H,11-15H2,1-2H3,(H,25,28)(H,26,30)/t24-/m1/s1. The maximum absolute atomic E-state index is 13.1. The molecule has 4 rings (SSSR count). The first kappa shape index (κ1) is 20.1. The number of imide groups is 1. The fourth-order valence-corrected chi connectivity index (χ4v) is 4.35. The van der Waals surface area contributed by atoms with Gasteiger partial charge >= 0.3 is 6.03 Å². The third kappa shape index (κ3) is 3.58. The number of amides is 4. The van der Waals surface area contributed by atoms with E-state index in [4.69, 9.17) is 0 Å². The lowest BCUT2D eigenvalue weighted by Crippen LogP contribution is -2.44. The molecule has 1 saturated heterocycles. The summed E-state index contributed by atoms with van der Waals surface area (Å²) in [5, 5.41) is 5.67. The molecule has 2 aliphatic rings. The van der Waals surface area contributed by atoms with Crippen LogP contribution in [0.2, 0.25) is 0 Å². The van der Waals surface area contributed by atoms with Crippen molar-refractivity contribution in [1.82, 2.24) is 15.5 Å². The molecule has 1 aliphatic heterocycles. The number of benzene rings is 2. The predicted octanol–water partition coefficient (Wildman–Crippen LogP) is 2.86. The van der Waals surface area contributed by atoms with Crippen molar-refractivity contribution in [3.63, 3.8) is 0 Å². The van der Waals surface area contributed by atoms with Gasteiger partial charge in [0.1, 0.15) is 12.1 Å². The van der Waals surface area contributed by atoms with Gasteiger partial charge in [0.15, 0.2) is 0 Å². The van der Waals surface area contributed by atoms with E-state index in [1.807, 2.05) is 24.3 Å². The molecular weight excluding hydrogens is 378 g/mol. The molecule has 1 atom stereocenters. The fourth-order valence-electron chi connectivity index (χ4n) is 4.35. The van der Waals surface area contributed by atoms with Gasteiger partial charge in [-0.25, -0.2) is 4.79 Å². The monoisotopic (exact) mass is 405 g/mol. The largest absolute Gasteiger partial charge is 0.354 e. The van der Waals surface area contributed by atoms with Gasteiger partial charge in [0, 0.05) is 6.54 Å². The molecule has 2 N–H and O–H groups in total. The Morgan fingerprint density at radius 2 is 1.87 bits per heavy atom. The smallest absolute Gasteiger partial charge is 0.325 e. The van der Waals surface area contributed by atoms with Gasteiger partial charge in [-0.1, -0.05) is 62.4 Å². The number of carbonyl (C=O) groups excluding carboxylic acids is 3. The summed E-state index contributed by atoms with van der Waals surface area (Å²) in [6, 6.07) is 15.5. The van der Waals surface area contributed by atoms with Crippen LogP contribution >= 0.6 is 0 Å². The second-order valence-corrected chi connectivity index (χ2v) is 8.38. The van der Waals surface area contributed by atoms with Crippen LogP contribution in [0.3, 0.4) is 0 Å². The number of rotatable bonds is 6. The second kappa shape index (κ2) is 7.94. The van der Waals surface area contributed by atoms with Crippen molar-refractivity contribution < 1.29 is 14.4 Å². The Morgan fingerprint density at radius 3 is 2.60 bits per heavy atom. The van der Waals surface area contributed by atoms with Gasteiger partial charge in [-0.3, -0.25) is 14.5 Å². The van der Waals surface area contributed by atoms with Crippen molar-refractivity contribution in [1.29, 1.82) is 0 Å². The minimum atomic E-state index is -1.02. The van der Waals surface area contributed by atoms with E-state index in [1.54, 1.807) is 0 Å². The average Bonchev–Trinajstić information content (AvgIpc) is 3.22. The third-order valence-electron chi connectivity index (χ3n) is 6.11. The highest BCUT2D eigenvalue weighted by Crippen LogP contribution is 2.41. The second-order valence-electron chi connectivity index (χ2n) is 8.38. The van der Waals surface area contributed by atoms with E-state index in [-0.39, 0.29) is 18.4 Å². The molecule has 0 aromatic heterocycles. The van der Waals surface area contributed by atoms with Gasteiger partial charge in [-0.05, 0) is 47.4 Å². The molecule has 30 heavy (non-hydrogen) atoms. The van der Waals surface area contributed by atoms with Crippen molar-refractivity contribution in [3.8, 4) is 0 Å². The maximum atomic E-state index is 13.1. The molecule has 0 bridgehead atoms. The molecule has 6 heteroatoms. The summed E-state index contributed by atoms with van der Waals surface area (Å²) in [7, 11) is 0. The first-order chi connectivity index (χ1) is 14.4. The Kier molecular flexibility index (Phi) is 5.33. The van der Waals surface area contributed by atoms with E-state index in [0.717, 1.165) is 28.0 Å². The van der Waals surface area contributed by atoms with Crippen LogP contribution in [0.1, 0.15) is 48.4 Å². The van der Waals surface area contributed by atoms with E-state index < -0.39 is 11.6 Å². The fraction of sp³-hybridized carbons (Fsp3) is 0.375. The lowest BCUT2D eigenvalue weighted by molar-refractivity contribution is -0.135. The van der Waals surface area contributed by atoms with Crippen molar-refractivity contribution >= 4 is 17.8 Å². The van der Waals surface area contributed by atoms with E-state index in [1.165, 1.54) is 5.56 Å². The topological polar surface area (TPSA) is 78.5 Å². The zero-order valence-corrected chi connectivity index (χ0v) is 17.4. The summed E-state index contributed by atoms with van der Waals surface area (Å²) >= 11 is 0. The van der Waals surface area contributed by atoms with E-state index >= 15 is 0 Å². The zero-order valence-electron chi connectivity index (χ0n) is 17.4. The van der Waals surface area contributed by atoms with Crippen LogP contribution in [0, 0.1) is 0 Å². The Balaban J connectivity index is 1.34. The normalized spacial score (nSPS) is 20.0. The Hall–Kier alpha value is -3.15. The molecule has 0 radical (unpaired) electrons. The molecule has 0 unspecified atom stereocenters. The zero-order chi connectivity index (χ0) is 21.3. The Morgan fingerprint density at radius 1 is 1.13 bits per heavy atom. The van der Waals surface area contributed by atoms with E-state index in [2.05, 4.69) is 48.7 Å². The number of hydrogen-bond donors (Lipinski definition) is 2. The quantitative estimate of drug-likeness (QED) is 0.726. The highest BCUT2D eigenvalue weighted by molar-refractivity contribution is 6.09. The van der Waals surface area contributed by atoms with Crippen LogP contribution in [0.5, 0.6) is 0 Å². The average molecular weight is 405 g/mol. The number of carbonyl (C=O) groups is 3. The molecule has 1 spiro atoms. The van der Waals surface area contributed by atoms with Crippen molar-refractivity contribution in [3.05, 3.63) is 70.8 Å². The first-order valence-corrected chi connectivity index (χ1v) is 10.5. The highest BCUT2D eigenvalue weighted by atomic mass is 16.2. The molecule has 1 aliphatic carbocycles. The number of urea groups is 1. The van der Waals surface area contributed by atoms with Crippen LogP contribution in [0.4, 0.5) is 4.79 Å².